The van der Waals surface area contributed by atoms with Gasteiger partial charge in [-0.25, -0.2) is 8.42 Å². The Morgan fingerprint density at radius 1 is 1.60 bits per heavy atom. The fraction of sp³-hybridized carbons (Fsp3) is 0.625. The zero-order valence-electron chi connectivity index (χ0n) is 8.77. The molecule has 0 bridgehead atoms. The average Bonchev–Trinajstić information content (AvgIpc) is 2.45. The van der Waals surface area contributed by atoms with Crippen LogP contribution in [0.2, 0.25) is 0 Å². The van der Waals surface area contributed by atoms with Crippen molar-refractivity contribution in [2.75, 3.05) is 0 Å². The van der Waals surface area contributed by atoms with E-state index < -0.39 is 9.05 Å². The quantitative estimate of drug-likeness (QED) is 0.764. The van der Waals surface area contributed by atoms with Crippen LogP contribution < -0.4 is 4.74 Å². The van der Waals surface area contributed by atoms with Crippen LogP contribution in [0, 0.1) is 0 Å². The third-order valence-electron chi connectivity index (χ3n) is 1.63. The molecule has 15 heavy (non-hydrogen) atoms. The van der Waals surface area contributed by atoms with E-state index in [9.17, 15) is 8.42 Å². The van der Waals surface area contributed by atoms with Crippen LogP contribution in [-0.4, -0.2) is 24.3 Å². The van der Waals surface area contributed by atoms with Crippen LogP contribution in [0.5, 0.6) is 5.88 Å². The molecule has 0 aromatic carbocycles. The van der Waals surface area contributed by atoms with E-state index in [1.807, 2.05) is 6.92 Å². The van der Waals surface area contributed by atoms with Gasteiger partial charge in [0.2, 0.25) is 0 Å². The van der Waals surface area contributed by atoms with Gasteiger partial charge in [0.25, 0.3) is 14.9 Å². The van der Waals surface area contributed by atoms with Crippen LogP contribution >= 0.6 is 10.7 Å². The standard InChI is InChI=1S/C8H13ClN2O3S/c1-4-11-5-7(15(9,12)13)8(10-11)14-6(2)3/h5-6H,4H2,1-3H3. The number of hydrogen-bond acceptors (Lipinski definition) is 4. The molecule has 0 N–H and O–H groups in total. The molecule has 0 saturated carbocycles. The van der Waals surface area contributed by atoms with E-state index in [4.69, 9.17) is 15.4 Å². The zero-order chi connectivity index (χ0) is 11.6. The SMILES string of the molecule is CCn1cc(S(=O)(=O)Cl)c(OC(C)C)n1. The molecule has 0 aliphatic rings. The summed E-state index contributed by atoms with van der Waals surface area (Å²) in [5, 5.41) is 3.97. The minimum absolute atomic E-state index is 0.0573. The lowest BCUT2D eigenvalue weighted by Gasteiger charge is -2.06. The molecule has 86 valence electrons. The topological polar surface area (TPSA) is 61.2 Å². The van der Waals surface area contributed by atoms with Crippen molar-refractivity contribution in [1.29, 1.82) is 0 Å². The third-order valence-corrected chi connectivity index (χ3v) is 2.93. The molecular formula is C8H13ClN2O3S. The smallest absolute Gasteiger partial charge is 0.268 e. The summed E-state index contributed by atoms with van der Waals surface area (Å²) in [4.78, 5) is -0.0836. The summed E-state index contributed by atoms with van der Waals surface area (Å²) in [5.41, 5.74) is 0. The fourth-order valence-electron chi connectivity index (χ4n) is 1.02. The maximum Gasteiger partial charge on any atom is 0.268 e. The number of aryl methyl sites for hydroxylation is 1. The minimum Gasteiger partial charge on any atom is -0.473 e. The van der Waals surface area contributed by atoms with Crippen molar-refractivity contribution >= 4 is 19.7 Å². The molecule has 0 aliphatic heterocycles. The lowest BCUT2D eigenvalue weighted by atomic mass is 10.5. The largest absolute Gasteiger partial charge is 0.473 e. The van der Waals surface area contributed by atoms with Crippen molar-refractivity contribution in [2.24, 2.45) is 0 Å². The van der Waals surface area contributed by atoms with Crippen molar-refractivity contribution in [3.05, 3.63) is 6.20 Å². The Labute approximate surface area is 93.4 Å². The van der Waals surface area contributed by atoms with Crippen molar-refractivity contribution in [3.8, 4) is 5.88 Å². The van der Waals surface area contributed by atoms with Crippen LogP contribution in [0.15, 0.2) is 11.1 Å². The lowest BCUT2D eigenvalue weighted by molar-refractivity contribution is 0.224. The Kier molecular flexibility index (Phi) is 3.62. The van der Waals surface area contributed by atoms with E-state index in [1.165, 1.54) is 10.9 Å². The molecule has 0 spiro atoms. The van der Waals surface area contributed by atoms with E-state index >= 15 is 0 Å². The molecule has 1 aromatic rings. The summed E-state index contributed by atoms with van der Waals surface area (Å²) in [7, 11) is 1.45. The summed E-state index contributed by atoms with van der Waals surface area (Å²) >= 11 is 0. The van der Waals surface area contributed by atoms with Crippen LogP contribution in [-0.2, 0) is 15.6 Å². The van der Waals surface area contributed by atoms with Gasteiger partial charge in [0.1, 0.15) is 0 Å². The van der Waals surface area contributed by atoms with E-state index in [1.54, 1.807) is 13.8 Å². The van der Waals surface area contributed by atoms with Crippen LogP contribution in [0.25, 0.3) is 0 Å². The van der Waals surface area contributed by atoms with Crippen molar-refractivity contribution in [1.82, 2.24) is 9.78 Å². The summed E-state index contributed by atoms with van der Waals surface area (Å²) in [5.74, 6) is 0.0573. The lowest BCUT2D eigenvalue weighted by Crippen LogP contribution is -2.08. The normalized spacial score (nSPS) is 12.1. The first-order valence-corrected chi connectivity index (χ1v) is 6.84. The highest BCUT2D eigenvalue weighted by molar-refractivity contribution is 8.13. The Morgan fingerprint density at radius 3 is 2.60 bits per heavy atom. The maximum atomic E-state index is 11.2. The molecular weight excluding hydrogens is 240 g/mol. The van der Waals surface area contributed by atoms with Crippen molar-refractivity contribution in [2.45, 2.75) is 38.3 Å². The predicted octanol–water partition coefficient (Wildman–Crippen LogP) is 1.62. The van der Waals surface area contributed by atoms with E-state index in [-0.39, 0.29) is 16.9 Å². The summed E-state index contributed by atoms with van der Waals surface area (Å²) in [6, 6.07) is 0. The fourth-order valence-corrected chi connectivity index (χ4v) is 1.88. The predicted molar refractivity (Wildman–Crippen MR) is 56.7 cm³/mol. The molecule has 1 rings (SSSR count). The van der Waals surface area contributed by atoms with Gasteiger partial charge in [0.15, 0.2) is 4.90 Å². The van der Waals surface area contributed by atoms with Gasteiger partial charge >= 0.3 is 0 Å². The second kappa shape index (κ2) is 4.40. The molecule has 0 radical (unpaired) electrons. The Hall–Kier alpha value is -0.750. The highest BCUT2D eigenvalue weighted by Crippen LogP contribution is 2.25. The first-order chi connectivity index (χ1) is 6.84. The molecule has 0 atom stereocenters. The van der Waals surface area contributed by atoms with E-state index in [0.29, 0.717) is 6.54 Å². The summed E-state index contributed by atoms with van der Waals surface area (Å²) in [6.07, 6.45) is 1.21. The van der Waals surface area contributed by atoms with E-state index in [2.05, 4.69) is 5.10 Å². The number of nitrogens with zero attached hydrogens (tertiary/aromatic N) is 2. The number of ether oxygens (including phenoxy) is 1. The maximum absolute atomic E-state index is 11.2. The number of halogens is 1. The van der Waals surface area contributed by atoms with Gasteiger partial charge in [-0.1, -0.05) is 0 Å². The molecule has 0 saturated heterocycles. The molecule has 5 nitrogen and oxygen atoms in total. The van der Waals surface area contributed by atoms with E-state index in [0.717, 1.165) is 0 Å². The minimum atomic E-state index is -3.80. The van der Waals surface area contributed by atoms with Gasteiger partial charge in [-0.15, -0.1) is 5.10 Å². The number of rotatable bonds is 4. The molecule has 0 unspecified atom stereocenters. The van der Waals surface area contributed by atoms with Gasteiger partial charge in [-0.2, -0.15) is 0 Å². The van der Waals surface area contributed by atoms with Gasteiger partial charge in [0, 0.05) is 23.4 Å². The molecule has 0 aliphatic carbocycles. The van der Waals surface area contributed by atoms with Crippen molar-refractivity contribution < 1.29 is 13.2 Å². The molecule has 0 amide bonds. The van der Waals surface area contributed by atoms with Gasteiger partial charge < -0.3 is 4.74 Å². The molecule has 0 fully saturated rings. The van der Waals surface area contributed by atoms with Crippen LogP contribution in [0.1, 0.15) is 20.8 Å². The van der Waals surface area contributed by atoms with Crippen LogP contribution in [0.4, 0.5) is 0 Å². The average molecular weight is 253 g/mol. The third kappa shape index (κ3) is 3.10. The Bertz CT molecular complexity index is 439. The van der Waals surface area contributed by atoms with Gasteiger partial charge in [-0.05, 0) is 20.8 Å². The second-order valence-corrected chi connectivity index (χ2v) is 5.79. The molecule has 1 heterocycles. The highest BCUT2D eigenvalue weighted by Gasteiger charge is 2.22. The van der Waals surface area contributed by atoms with Crippen LogP contribution in [0.3, 0.4) is 0 Å². The monoisotopic (exact) mass is 252 g/mol. The Morgan fingerprint density at radius 2 is 2.20 bits per heavy atom. The summed E-state index contributed by atoms with van der Waals surface area (Å²) in [6.45, 7) is 5.98. The first-order valence-electron chi connectivity index (χ1n) is 4.53. The zero-order valence-corrected chi connectivity index (χ0v) is 10.3. The molecule has 7 heteroatoms. The van der Waals surface area contributed by atoms with Crippen molar-refractivity contribution in [3.63, 3.8) is 0 Å². The number of aromatic nitrogens is 2. The van der Waals surface area contributed by atoms with Gasteiger partial charge in [-0.3, -0.25) is 4.68 Å². The number of hydrogen-bond donors (Lipinski definition) is 0. The van der Waals surface area contributed by atoms with Gasteiger partial charge in [0.05, 0.1) is 6.10 Å². The molecule has 1 aromatic heterocycles. The Balaban J connectivity index is 3.18. The highest BCUT2D eigenvalue weighted by atomic mass is 35.7. The summed E-state index contributed by atoms with van der Waals surface area (Å²) < 4.78 is 29.1. The first kappa shape index (κ1) is 12.3. The second-order valence-electron chi connectivity index (χ2n) is 3.26.